The number of hydrogen-bond acceptors (Lipinski definition) is 3. The molecule has 3 rings (SSSR count). The molecule has 0 radical (unpaired) electrons. The van der Waals surface area contributed by atoms with Crippen molar-refractivity contribution in [2.75, 3.05) is 5.32 Å². The summed E-state index contributed by atoms with van der Waals surface area (Å²) in [5.74, 6) is -0.500. The van der Waals surface area contributed by atoms with E-state index >= 15 is 0 Å². The van der Waals surface area contributed by atoms with Crippen molar-refractivity contribution in [3.8, 4) is 0 Å². The molecule has 0 saturated heterocycles. The lowest BCUT2D eigenvalue weighted by molar-refractivity contribution is -0.117. The minimum absolute atomic E-state index is 0.0820. The van der Waals surface area contributed by atoms with Gasteiger partial charge in [0.25, 0.3) is 0 Å². The van der Waals surface area contributed by atoms with Gasteiger partial charge in [-0.25, -0.2) is 4.79 Å². The highest BCUT2D eigenvalue weighted by Crippen LogP contribution is 2.27. The van der Waals surface area contributed by atoms with Crippen molar-refractivity contribution in [2.24, 2.45) is 7.05 Å². The summed E-state index contributed by atoms with van der Waals surface area (Å²) in [4.78, 5) is 23.9. The second kappa shape index (κ2) is 6.00. The lowest BCUT2D eigenvalue weighted by Gasteiger charge is -2.24. The molecule has 0 atom stereocenters. The van der Waals surface area contributed by atoms with E-state index in [9.17, 15) is 9.59 Å². The zero-order valence-corrected chi connectivity index (χ0v) is 14.0. The van der Waals surface area contributed by atoms with Gasteiger partial charge in [-0.2, -0.15) is 0 Å². The van der Waals surface area contributed by atoms with Crippen LogP contribution in [0, 0.1) is 0 Å². The van der Waals surface area contributed by atoms with Gasteiger partial charge in [0, 0.05) is 25.2 Å². The Hall–Kier alpha value is -2.82. The molecule has 1 heterocycles. The number of rotatable bonds is 4. The van der Waals surface area contributed by atoms with Gasteiger partial charge in [-0.1, -0.05) is 44.2 Å². The predicted molar refractivity (Wildman–Crippen MR) is 94.2 cm³/mol. The molecule has 5 nitrogen and oxygen atoms in total. The van der Waals surface area contributed by atoms with Gasteiger partial charge in [0.05, 0.1) is 5.52 Å². The molecule has 2 aromatic carbocycles. The quantitative estimate of drug-likeness (QED) is 0.799. The van der Waals surface area contributed by atoms with Crippen molar-refractivity contribution in [3.63, 3.8) is 0 Å². The molecule has 24 heavy (non-hydrogen) atoms. The second-order valence-electron chi connectivity index (χ2n) is 6.58. The molecule has 5 heteroatoms. The van der Waals surface area contributed by atoms with Crippen LogP contribution in [0.15, 0.2) is 57.7 Å². The summed E-state index contributed by atoms with van der Waals surface area (Å²) in [7, 11) is 1.65. The molecule has 1 N–H and O–H groups in total. The van der Waals surface area contributed by atoms with Crippen molar-refractivity contribution in [2.45, 2.75) is 25.7 Å². The van der Waals surface area contributed by atoms with Gasteiger partial charge in [0.2, 0.25) is 5.91 Å². The smallest absolute Gasteiger partial charge is 0.408 e. The molecule has 0 spiro atoms. The number of fused-ring (bicyclic) bond motifs is 1. The van der Waals surface area contributed by atoms with E-state index < -0.39 is 5.76 Å². The Morgan fingerprint density at radius 1 is 1.17 bits per heavy atom. The van der Waals surface area contributed by atoms with Crippen LogP contribution >= 0.6 is 0 Å². The first-order chi connectivity index (χ1) is 11.4. The molecule has 0 aliphatic carbocycles. The highest BCUT2D eigenvalue weighted by atomic mass is 16.4. The van der Waals surface area contributed by atoms with Crippen LogP contribution in [0.5, 0.6) is 0 Å². The summed E-state index contributed by atoms with van der Waals surface area (Å²) in [5, 5.41) is 2.88. The Balaban J connectivity index is 1.76. The number of nitrogens with one attached hydrogen (secondary N) is 1. The molecule has 0 aliphatic rings. The number of aryl methyl sites for hydroxylation is 1. The summed E-state index contributed by atoms with van der Waals surface area (Å²) in [6.07, 6.45) is 0.355. The van der Waals surface area contributed by atoms with Crippen LogP contribution in [0.2, 0.25) is 0 Å². The van der Waals surface area contributed by atoms with Crippen LogP contribution in [0.4, 0.5) is 5.69 Å². The Kier molecular flexibility index (Phi) is 4.01. The molecule has 0 unspecified atom stereocenters. The van der Waals surface area contributed by atoms with E-state index in [-0.39, 0.29) is 11.3 Å². The molecule has 0 fully saturated rings. The third-order valence-corrected chi connectivity index (χ3v) is 4.23. The van der Waals surface area contributed by atoms with Gasteiger partial charge >= 0.3 is 5.76 Å². The maximum absolute atomic E-state index is 12.4. The van der Waals surface area contributed by atoms with Crippen LogP contribution < -0.4 is 11.1 Å². The number of carbonyl (C=O) groups is 1. The molecular formula is C19H20N2O3. The van der Waals surface area contributed by atoms with E-state index in [4.69, 9.17) is 4.42 Å². The van der Waals surface area contributed by atoms with Crippen LogP contribution in [-0.4, -0.2) is 10.5 Å². The van der Waals surface area contributed by atoms with Crippen molar-refractivity contribution in [1.29, 1.82) is 0 Å². The lowest BCUT2D eigenvalue weighted by Crippen LogP contribution is -2.25. The van der Waals surface area contributed by atoms with Crippen molar-refractivity contribution in [3.05, 3.63) is 64.6 Å². The Morgan fingerprint density at radius 2 is 1.88 bits per heavy atom. The van der Waals surface area contributed by atoms with Gasteiger partial charge in [-0.15, -0.1) is 0 Å². The van der Waals surface area contributed by atoms with Gasteiger partial charge in [-0.3, -0.25) is 9.36 Å². The number of aromatic nitrogens is 1. The maximum atomic E-state index is 12.4. The standard InChI is InChI=1S/C19H20N2O3/c1-19(2,13-7-5-4-6-8-13)12-17(22)20-14-9-10-15-16(11-14)24-18(23)21(15)3/h4-11H,12H2,1-3H3,(H,20,22). The van der Waals surface area contributed by atoms with E-state index in [1.807, 2.05) is 44.2 Å². The topological polar surface area (TPSA) is 64.2 Å². The molecule has 1 aromatic heterocycles. The fourth-order valence-corrected chi connectivity index (χ4v) is 2.81. The largest absolute Gasteiger partial charge is 0.419 e. The summed E-state index contributed by atoms with van der Waals surface area (Å²) < 4.78 is 6.58. The fourth-order valence-electron chi connectivity index (χ4n) is 2.81. The van der Waals surface area contributed by atoms with E-state index in [0.29, 0.717) is 23.2 Å². The molecular weight excluding hydrogens is 304 g/mol. The third kappa shape index (κ3) is 3.11. The van der Waals surface area contributed by atoms with E-state index in [1.165, 1.54) is 4.57 Å². The molecule has 124 valence electrons. The number of carbonyl (C=O) groups excluding carboxylic acids is 1. The zero-order chi connectivity index (χ0) is 17.3. The van der Waals surface area contributed by atoms with Crippen molar-refractivity contribution < 1.29 is 9.21 Å². The predicted octanol–water partition coefficient (Wildman–Crippen LogP) is 3.44. The SMILES string of the molecule is Cn1c(=O)oc2cc(NC(=O)CC(C)(C)c3ccccc3)ccc21. The Morgan fingerprint density at radius 3 is 2.58 bits per heavy atom. The number of oxazole rings is 1. The Bertz CT molecular complexity index is 936. The van der Waals surface area contributed by atoms with Crippen LogP contribution in [0.3, 0.4) is 0 Å². The number of benzene rings is 2. The normalized spacial score (nSPS) is 11.6. The highest BCUT2D eigenvalue weighted by Gasteiger charge is 2.24. The summed E-state index contributed by atoms with van der Waals surface area (Å²) in [5.41, 5.74) is 2.62. The van der Waals surface area contributed by atoms with Gasteiger partial charge in [-0.05, 0) is 23.1 Å². The van der Waals surface area contributed by atoms with E-state index in [0.717, 1.165) is 5.56 Å². The first-order valence-electron chi connectivity index (χ1n) is 7.82. The molecule has 0 bridgehead atoms. The van der Waals surface area contributed by atoms with Crippen molar-refractivity contribution in [1.82, 2.24) is 4.57 Å². The average Bonchev–Trinajstić information content (AvgIpc) is 2.82. The Labute approximate surface area is 139 Å². The first-order valence-corrected chi connectivity index (χ1v) is 7.82. The lowest BCUT2D eigenvalue weighted by atomic mass is 9.81. The second-order valence-corrected chi connectivity index (χ2v) is 6.58. The average molecular weight is 324 g/mol. The molecule has 3 aromatic rings. The van der Waals surface area contributed by atoms with Crippen LogP contribution in [0.25, 0.3) is 11.1 Å². The minimum Gasteiger partial charge on any atom is -0.408 e. The molecule has 0 aliphatic heterocycles. The summed E-state index contributed by atoms with van der Waals surface area (Å²) in [6.45, 7) is 4.09. The first kappa shape index (κ1) is 16.1. The summed E-state index contributed by atoms with van der Waals surface area (Å²) in [6, 6.07) is 15.2. The zero-order valence-electron chi connectivity index (χ0n) is 14.0. The van der Waals surface area contributed by atoms with Crippen LogP contribution in [0.1, 0.15) is 25.8 Å². The number of nitrogens with zero attached hydrogens (tertiary/aromatic N) is 1. The molecule has 1 amide bonds. The van der Waals surface area contributed by atoms with E-state index in [1.54, 1.807) is 25.2 Å². The number of hydrogen-bond donors (Lipinski definition) is 1. The van der Waals surface area contributed by atoms with Gasteiger partial charge < -0.3 is 9.73 Å². The minimum atomic E-state index is -0.418. The summed E-state index contributed by atoms with van der Waals surface area (Å²) >= 11 is 0. The van der Waals surface area contributed by atoms with Crippen LogP contribution in [-0.2, 0) is 17.3 Å². The number of anilines is 1. The monoisotopic (exact) mass is 324 g/mol. The third-order valence-electron chi connectivity index (χ3n) is 4.23. The van der Waals surface area contributed by atoms with Gasteiger partial charge in [0.15, 0.2) is 5.58 Å². The maximum Gasteiger partial charge on any atom is 0.419 e. The fraction of sp³-hybridized carbons (Fsp3) is 0.263. The highest BCUT2D eigenvalue weighted by molar-refractivity contribution is 5.93. The van der Waals surface area contributed by atoms with Crippen molar-refractivity contribution >= 4 is 22.7 Å². The van der Waals surface area contributed by atoms with Gasteiger partial charge in [0.1, 0.15) is 0 Å². The molecule has 0 saturated carbocycles. The number of amides is 1. The van der Waals surface area contributed by atoms with E-state index in [2.05, 4.69) is 5.32 Å².